The van der Waals surface area contributed by atoms with E-state index in [1.54, 1.807) is 0 Å². The van der Waals surface area contributed by atoms with E-state index < -0.39 is 43.6 Å². The standard InChI is InChI=1S/C11H23N3O8S2/c1-2-5-14(8-10(15)12-3-6-23(17,18)19)9-11(16)13-4-7-24(20,21)22/h2-9H2,1H3,(H,12,15)(H,13,16)(H,17,18,19)(H,20,21,22). The average Bonchev–Trinajstić information content (AvgIpc) is 2.35. The second-order valence-corrected chi connectivity index (χ2v) is 8.13. The van der Waals surface area contributed by atoms with Crippen molar-refractivity contribution >= 4 is 32.1 Å². The number of amides is 2. The fourth-order valence-corrected chi connectivity index (χ4v) is 2.41. The zero-order chi connectivity index (χ0) is 18.8. The molecule has 0 aliphatic rings. The molecule has 0 aliphatic carbocycles. The van der Waals surface area contributed by atoms with Crippen LogP contribution in [0.4, 0.5) is 0 Å². The van der Waals surface area contributed by atoms with Crippen molar-refractivity contribution in [1.82, 2.24) is 15.5 Å². The number of rotatable bonds is 12. The quantitative estimate of drug-likeness (QED) is 0.268. The lowest BCUT2D eigenvalue weighted by Crippen LogP contribution is -2.44. The van der Waals surface area contributed by atoms with Gasteiger partial charge in [-0.25, -0.2) is 0 Å². The topological polar surface area (TPSA) is 170 Å². The Hall–Kier alpha value is -1.28. The zero-order valence-electron chi connectivity index (χ0n) is 13.3. The van der Waals surface area contributed by atoms with Crippen LogP contribution < -0.4 is 10.6 Å². The number of hydrogen-bond donors (Lipinski definition) is 4. The summed E-state index contributed by atoms with van der Waals surface area (Å²) < 4.78 is 59.2. The molecule has 0 aliphatic heterocycles. The van der Waals surface area contributed by atoms with Gasteiger partial charge in [0.2, 0.25) is 11.8 Å². The van der Waals surface area contributed by atoms with Gasteiger partial charge in [-0.2, -0.15) is 16.8 Å². The maximum absolute atomic E-state index is 11.7. The molecule has 0 saturated heterocycles. The van der Waals surface area contributed by atoms with Gasteiger partial charge in [-0.1, -0.05) is 6.92 Å². The van der Waals surface area contributed by atoms with Gasteiger partial charge < -0.3 is 10.6 Å². The van der Waals surface area contributed by atoms with E-state index in [4.69, 9.17) is 9.11 Å². The minimum absolute atomic E-state index is 0.162. The molecule has 142 valence electrons. The smallest absolute Gasteiger partial charge is 0.266 e. The molecular weight excluding hydrogens is 366 g/mol. The molecule has 2 amide bonds. The monoisotopic (exact) mass is 389 g/mol. The summed E-state index contributed by atoms with van der Waals surface area (Å²) in [5.74, 6) is -2.25. The molecule has 0 bridgehead atoms. The first-order valence-corrected chi connectivity index (χ1v) is 10.3. The van der Waals surface area contributed by atoms with Crippen molar-refractivity contribution in [3.05, 3.63) is 0 Å². The third-order valence-corrected chi connectivity index (χ3v) is 4.08. The van der Waals surface area contributed by atoms with E-state index in [1.165, 1.54) is 4.90 Å². The van der Waals surface area contributed by atoms with Crippen LogP contribution in [0.2, 0.25) is 0 Å². The molecule has 0 atom stereocenters. The normalized spacial score (nSPS) is 12.2. The van der Waals surface area contributed by atoms with Crippen molar-refractivity contribution in [2.45, 2.75) is 13.3 Å². The molecular formula is C11H23N3O8S2. The molecule has 24 heavy (non-hydrogen) atoms. The zero-order valence-corrected chi connectivity index (χ0v) is 14.9. The van der Waals surface area contributed by atoms with Gasteiger partial charge in [-0.3, -0.25) is 23.6 Å². The minimum atomic E-state index is -4.16. The molecule has 0 aromatic rings. The van der Waals surface area contributed by atoms with Crippen molar-refractivity contribution in [3.63, 3.8) is 0 Å². The maximum Gasteiger partial charge on any atom is 0.266 e. The Morgan fingerprint density at radius 2 is 1.25 bits per heavy atom. The second-order valence-electron chi connectivity index (χ2n) is 4.98. The summed E-state index contributed by atoms with van der Waals surface area (Å²) in [5, 5.41) is 4.60. The van der Waals surface area contributed by atoms with Crippen molar-refractivity contribution in [2.24, 2.45) is 0 Å². The van der Waals surface area contributed by atoms with Gasteiger partial charge >= 0.3 is 0 Å². The Labute approximate surface area is 141 Å². The van der Waals surface area contributed by atoms with Crippen LogP contribution in [0.1, 0.15) is 13.3 Å². The summed E-state index contributed by atoms with van der Waals surface area (Å²) in [5.41, 5.74) is 0. The van der Waals surface area contributed by atoms with Crippen LogP contribution in [0.3, 0.4) is 0 Å². The summed E-state index contributed by atoms with van der Waals surface area (Å²) in [7, 11) is -8.32. The van der Waals surface area contributed by atoms with E-state index in [-0.39, 0.29) is 26.2 Å². The summed E-state index contributed by atoms with van der Waals surface area (Å²) in [6, 6.07) is 0. The second kappa shape index (κ2) is 10.6. The van der Waals surface area contributed by atoms with Gasteiger partial charge in [0, 0.05) is 13.1 Å². The predicted octanol–water partition coefficient (Wildman–Crippen LogP) is -2.29. The van der Waals surface area contributed by atoms with E-state index in [0.717, 1.165) is 0 Å². The summed E-state index contributed by atoms with van der Waals surface area (Å²) >= 11 is 0. The molecule has 0 fully saturated rings. The van der Waals surface area contributed by atoms with Crippen molar-refractivity contribution in [3.8, 4) is 0 Å². The van der Waals surface area contributed by atoms with Crippen LogP contribution in [0.25, 0.3) is 0 Å². The first-order chi connectivity index (χ1) is 10.9. The maximum atomic E-state index is 11.7. The minimum Gasteiger partial charge on any atom is -0.354 e. The van der Waals surface area contributed by atoms with E-state index in [2.05, 4.69) is 10.6 Å². The van der Waals surface area contributed by atoms with E-state index >= 15 is 0 Å². The predicted molar refractivity (Wildman–Crippen MR) is 85.6 cm³/mol. The fraction of sp³-hybridized carbons (Fsp3) is 0.818. The van der Waals surface area contributed by atoms with Crippen LogP contribution in [0, 0.1) is 0 Å². The Morgan fingerprint density at radius 3 is 1.54 bits per heavy atom. The third kappa shape index (κ3) is 14.3. The Morgan fingerprint density at radius 1 is 0.875 bits per heavy atom. The molecule has 0 aromatic carbocycles. The Bertz CT molecular complexity index is 565. The number of nitrogens with zero attached hydrogens (tertiary/aromatic N) is 1. The summed E-state index contributed by atoms with van der Waals surface area (Å²) in [6.45, 7) is 1.42. The van der Waals surface area contributed by atoms with Gasteiger partial charge in [0.05, 0.1) is 24.6 Å². The lowest BCUT2D eigenvalue weighted by atomic mass is 10.3. The highest BCUT2D eigenvalue weighted by Gasteiger charge is 2.15. The molecule has 0 radical (unpaired) electrons. The first-order valence-electron chi connectivity index (χ1n) is 7.09. The molecule has 4 N–H and O–H groups in total. The lowest BCUT2D eigenvalue weighted by molar-refractivity contribution is -0.125. The number of carbonyl (C=O) groups excluding carboxylic acids is 2. The first kappa shape index (κ1) is 22.7. The highest BCUT2D eigenvalue weighted by Crippen LogP contribution is 1.92. The van der Waals surface area contributed by atoms with Gasteiger partial charge in [0.15, 0.2) is 0 Å². The van der Waals surface area contributed by atoms with Crippen LogP contribution in [-0.2, 0) is 29.8 Å². The molecule has 0 rings (SSSR count). The van der Waals surface area contributed by atoms with Crippen molar-refractivity contribution in [2.75, 3.05) is 44.2 Å². The molecule has 13 heteroatoms. The SMILES string of the molecule is CCCN(CC(=O)NCCS(=O)(=O)O)CC(=O)NCCS(=O)(=O)O. The highest BCUT2D eigenvalue weighted by atomic mass is 32.2. The van der Waals surface area contributed by atoms with Gasteiger partial charge in [0.25, 0.3) is 20.2 Å². The third-order valence-electron chi connectivity index (χ3n) is 2.64. The van der Waals surface area contributed by atoms with Gasteiger partial charge in [-0.15, -0.1) is 0 Å². The van der Waals surface area contributed by atoms with Crippen LogP contribution in [0.5, 0.6) is 0 Å². The molecule has 0 saturated carbocycles. The van der Waals surface area contributed by atoms with Crippen molar-refractivity contribution in [1.29, 1.82) is 0 Å². The summed E-state index contributed by atoms with van der Waals surface area (Å²) in [6.07, 6.45) is 0.649. The highest BCUT2D eigenvalue weighted by molar-refractivity contribution is 7.86. The summed E-state index contributed by atoms with van der Waals surface area (Å²) in [4.78, 5) is 24.8. The molecule has 0 heterocycles. The fourth-order valence-electron chi connectivity index (χ4n) is 1.69. The number of hydrogen-bond acceptors (Lipinski definition) is 7. The number of carbonyl (C=O) groups is 2. The van der Waals surface area contributed by atoms with E-state index in [1.807, 2.05) is 6.92 Å². The average molecular weight is 389 g/mol. The lowest BCUT2D eigenvalue weighted by Gasteiger charge is -2.20. The van der Waals surface area contributed by atoms with E-state index in [9.17, 15) is 26.4 Å². The van der Waals surface area contributed by atoms with Crippen molar-refractivity contribution < 1.29 is 35.5 Å². The van der Waals surface area contributed by atoms with Gasteiger partial charge in [-0.05, 0) is 13.0 Å². The largest absolute Gasteiger partial charge is 0.354 e. The van der Waals surface area contributed by atoms with Gasteiger partial charge in [0.1, 0.15) is 0 Å². The molecule has 0 unspecified atom stereocenters. The Balaban J connectivity index is 4.28. The van der Waals surface area contributed by atoms with Crippen LogP contribution >= 0.6 is 0 Å². The molecule has 0 spiro atoms. The molecule has 11 nitrogen and oxygen atoms in total. The van der Waals surface area contributed by atoms with Crippen LogP contribution in [-0.4, -0.2) is 86.9 Å². The Kier molecular flexibility index (Phi) is 9.99. The molecule has 0 aromatic heterocycles. The van der Waals surface area contributed by atoms with Crippen LogP contribution in [0.15, 0.2) is 0 Å². The number of nitrogens with one attached hydrogen (secondary N) is 2. The van der Waals surface area contributed by atoms with E-state index in [0.29, 0.717) is 13.0 Å².